The number of nitrogens with one attached hydrogen (secondary N) is 1. The van der Waals surface area contributed by atoms with E-state index in [1.54, 1.807) is 13.2 Å². The van der Waals surface area contributed by atoms with Gasteiger partial charge in [-0.3, -0.25) is 9.48 Å². The largest absolute Gasteiger partial charge is 0.303 e. The molecule has 0 aliphatic rings. The van der Waals surface area contributed by atoms with Crippen molar-refractivity contribution in [1.29, 1.82) is 0 Å². The van der Waals surface area contributed by atoms with Gasteiger partial charge in [0.25, 0.3) is 5.56 Å². The third-order valence-electron chi connectivity index (χ3n) is 1.81. The van der Waals surface area contributed by atoms with Crippen LogP contribution in [-0.2, 0) is 13.5 Å². The number of aromatic nitrogens is 2. The molecule has 62 valence electrons. The number of aryl methyl sites for hydroxylation is 2. The molecule has 0 fully saturated rings. The summed E-state index contributed by atoms with van der Waals surface area (Å²) in [5, 5.41) is 2.85. The average molecular weight is 154 g/mol. The Morgan fingerprint density at radius 1 is 1.64 bits per heavy atom. The van der Waals surface area contributed by atoms with Crippen molar-refractivity contribution in [1.82, 2.24) is 9.78 Å². The van der Waals surface area contributed by atoms with Crippen molar-refractivity contribution in [3.63, 3.8) is 0 Å². The standard InChI is InChI=1S/C8H14N2O/c1-3-4-5-7-6-9-10(2)8(7)11/h6,9H,3-5H2,1-2H3. The van der Waals surface area contributed by atoms with Gasteiger partial charge in [0, 0.05) is 18.8 Å². The number of aromatic amines is 1. The fourth-order valence-corrected chi connectivity index (χ4v) is 1.06. The van der Waals surface area contributed by atoms with Gasteiger partial charge in [-0.05, 0) is 12.8 Å². The number of H-pyrrole nitrogens is 1. The van der Waals surface area contributed by atoms with Gasteiger partial charge in [-0.2, -0.15) is 0 Å². The van der Waals surface area contributed by atoms with Gasteiger partial charge in [-0.25, -0.2) is 0 Å². The monoisotopic (exact) mass is 154 g/mol. The van der Waals surface area contributed by atoms with Gasteiger partial charge in [-0.15, -0.1) is 0 Å². The maximum atomic E-state index is 11.2. The average Bonchev–Trinajstić information content (AvgIpc) is 2.31. The predicted octanol–water partition coefficient (Wildman–Crippen LogP) is 1.06. The molecule has 0 saturated carbocycles. The summed E-state index contributed by atoms with van der Waals surface area (Å²) >= 11 is 0. The molecule has 1 heterocycles. The van der Waals surface area contributed by atoms with Crippen LogP contribution in [0.15, 0.2) is 11.0 Å². The van der Waals surface area contributed by atoms with E-state index in [-0.39, 0.29) is 5.56 Å². The molecule has 0 aliphatic carbocycles. The van der Waals surface area contributed by atoms with Crippen LogP contribution in [0, 0.1) is 0 Å². The fourth-order valence-electron chi connectivity index (χ4n) is 1.06. The fraction of sp³-hybridized carbons (Fsp3) is 0.625. The van der Waals surface area contributed by atoms with E-state index in [9.17, 15) is 4.79 Å². The highest BCUT2D eigenvalue weighted by Crippen LogP contribution is 1.97. The van der Waals surface area contributed by atoms with Gasteiger partial charge < -0.3 is 5.10 Å². The van der Waals surface area contributed by atoms with Crippen molar-refractivity contribution in [3.8, 4) is 0 Å². The predicted molar refractivity (Wildman–Crippen MR) is 44.6 cm³/mol. The summed E-state index contributed by atoms with van der Waals surface area (Å²) in [7, 11) is 1.73. The zero-order chi connectivity index (χ0) is 8.27. The molecule has 1 rings (SSSR count). The van der Waals surface area contributed by atoms with Crippen LogP contribution in [0.3, 0.4) is 0 Å². The first-order chi connectivity index (χ1) is 5.25. The summed E-state index contributed by atoms with van der Waals surface area (Å²) in [5.74, 6) is 0. The van der Waals surface area contributed by atoms with Crippen molar-refractivity contribution in [2.45, 2.75) is 26.2 Å². The quantitative estimate of drug-likeness (QED) is 0.694. The van der Waals surface area contributed by atoms with Crippen LogP contribution in [-0.4, -0.2) is 9.78 Å². The van der Waals surface area contributed by atoms with Crippen LogP contribution in [0.1, 0.15) is 25.3 Å². The number of nitrogens with zero attached hydrogens (tertiary/aromatic N) is 1. The third kappa shape index (κ3) is 1.73. The van der Waals surface area contributed by atoms with E-state index in [2.05, 4.69) is 12.0 Å². The second kappa shape index (κ2) is 3.42. The van der Waals surface area contributed by atoms with Gasteiger partial charge in [0.15, 0.2) is 0 Å². The molecule has 0 atom stereocenters. The molecule has 0 aliphatic heterocycles. The molecule has 3 nitrogen and oxygen atoms in total. The lowest BCUT2D eigenvalue weighted by atomic mass is 10.2. The first-order valence-corrected chi connectivity index (χ1v) is 3.99. The molecule has 0 radical (unpaired) electrons. The molecule has 0 bridgehead atoms. The first-order valence-electron chi connectivity index (χ1n) is 3.99. The highest BCUT2D eigenvalue weighted by molar-refractivity contribution is 5.03. The van der Waals surface area contributed by atoms with Gasteiger partial charge in [0.05, 0.1) is 0 Å². The molecule has 1 aromatic rings. The van der Waals surface area contributed by atoms with Crippen LogP contribution < -0.4 is 5.56 Å². The summed E-state index contributed by atoms with van der Waals surface area (Å²) in [6, 6.07) is 0. The molecule has 3 heteroatoms. The van der Waals surface area contributed by atoms with Crippen molar-refractivity contribution >= 4 is 0 Å². The van der Waals surface area contributed by atoms with E-state index in [0.717, 1.165) is 24.8 Å². The Morgan fingerprint density at radius 3 is 2.82 bits per heavy atom. The summed E-state index contributed by atoms with van der Waals surface area (Å²) in [6.07, 6.45) is 4.91. The van der Waals surface area contributed by atoms with Crippen LogP contribution in [0.2, 0.25) is 0 Å². The van der Waals surface area contributed by atoms with Crippen molar-refractivity contribution in [3.05, 3.63) is 22.1 Å². The number of hydrogen-bond acceptors (Lipinski definition) is 1. The Kier molecular flexibility index (Phi) is 2.52. The Labute approximate surface area is 66.0 Å². The van der Waals surface area contributed by atoms with Crippen LogP contribution in [0.5, 0.6) is 0 Å². The van der Waals surface area contributed by atoms with E-state index in [0.29, 0.717) is 0 Å². The Balaban J connectivity index is 2.71. The Morgan fingerprint density at radius 2 is 2.36 bits per heavy atom. The lowest BCUT2D eigenvalue weighted by Crippen LogP contribution is -2.15. The minimum absolute atomic E-state index is 0.110. The van der Waals surface area contributed by atoms with Crippen molar-refractivity contribution in [2.24, 2.45) is 7.05 Å². The Hall–Kier alpha value is -0.990. The molecule has 11 heavy (non-hydrogen) atoms. The van der Waals surface area contributed by atoms with E-state index in [4.69, 9.17) is 0 Å². The SMILES string of the molecule is CCCCc1c[nH]n(C)c1=O. The second-order valence-corrected chi connectivity index (χ2v) is 2.77. The van der Waals surface area contributed by atoms with E-state index in [1.165, 1.54) is 4.68 Å². The molecule has 1 N–H and O–H groups in total. The Bertz CT molecular complexity index is 272. The number of rotatable bonds is 3. The third-order valence-corrected chi connectivity index (χ3v) is 1.81. The smallest absolute Gasteiger partial charge is 0.269 e. The van der Waals surface area contributed by atoms with Gasteiger partial charge in [0.1, 0.15) is 0 Å². The zero-order valence-electron chi connectivity index (χ0n) is 7.05. The second-order valence-electron chi connectivity index (χ2n) is 2.77. The lowest BCUT2D eigenvalue weighted by molar-refractivity contribution is 0.732. The summed E-state index contributed by atoms with van der Waals surface area (Å²) in [4.78, 5) is 11.2. The normalized spacial score (nSPS) is 10.4. The number of hydrogen-bond donors (Lipinski definition) is 1. The van der Waals surface area contributed by atoms with Gasteiger partial charge >= 0.3 is 0 Å². The van der Waals surface area contributed by atoms with E-state index in [1.807, 2.05) is 0 Å². The lowest BCUT2D eigenvalue weighted by Gasteiger charge is -1.90. The highest BCUT2D eigenvalue weighted by Gasteiger charge is 2.00. The van der Waals surface area contributed by atoms with Gasteiger partial charge in [-0.1, -0.05) is 13.3 Å². The molecule has 0 unspecified atom stereocenters. The van der Waals surface area contributed by atoms with Gasteiger partial charge in [0.2, 0.25) is 0 Å². The van der Waals surface area contributed by atoms with E-state index < -0.39 is 0 Å². The topological polar surface area (TPSA) is 37.8 Å². The summed E-state index contributed by atoms with van der Waals surface area (Å²) < 4.78 is 1.50. The first kappa shape index (κ1) is 8.11. The van der Waals surface area contributed by atoms with Crippen LogP contribution in [0.4, 0.5) is 0 Å². The molecule has 1 aromatic heterocycles. The zero-order valence-corrected chi connectivity index (χ0v) is 7.05. The maximum Gasteiger partial charge on any atom is 0.269 e. The van der Waals surface area contributed by atoms with E-state index >= 15 is 0 Å². The molecular weight excluding hydrogens is 140 g/mol. The molecule has 0 spiro atoms. The molecule has 0 aromatic carbocycles. The summed E-state index contributed by atoms with van der Waals surface area (Å²) in [6.45, 7) is 2.12. The molecule has 0 amide bonds. The highest BCUT2D eigenvalue weighted by atomic mass is 16.1. The maximum absolute atomic E-state index is 11.2. The molecular formula is C8H14N2O. The van der Waals surface area contributed by atoms with Crippen molar-refractivity contribution < 1.29 is 0 Å². The number of unbranched alkanes of at least 4 members (excludes halogenated alkanes) is 1. The molecule has 0 saturated heterocycles. The van der Waals surface area contributed by atoms with Crippen LogP contribution in [0.25, 0.3) is 0 Å². The minimum atomic E-state index is 0.110. The minimum Gasteiger partial charge on any atom is -0.303 e. The van der Waals surface area contributed by atoms with Crippen LogP contribution >= 0.6 is 0 Å². The van der Waals surface area contributed by atoms with Crippen molar-refractivity contribution in [2.75, 3.05) is 0 Å². The summed E-state index contributed by atoms with van der Waals surface area (Å²) in [5.41, 5.74) is 1.01.